The monoisotopic (exact) mass is 512 g/mol. The molecule has 0 unspecified atom stereocenters. The normalized spacial score (nSPS) is 14.2. The summed E-state index contributed by atoms with van der Waals surface area (Å²) >= 11 is 7.68. The number of fused-ring (bicyclic) bond motifs is 1. The Balaban J connectivity index is 1.54. The van der Waals surface area contributed by atoms with Crippen LogP contribution in [0.5, 0.6) is 0 Å². The first-order valence-corrected chi connectivity index (χ1v) is 13.3. The van der Waals surface area contributed by atoms with Crippen LogP contribution < -0.4 is 0 Å². The molecule has 0 N–H and O–H groups in total. The standard InChI is InChI=1S/C29H25ClN4OS/c1-33(2)29(35)21-12-15-25-23(16-21)31-27(28-32-24(17-36-28)18-10-13-22(30)14-11-18)34(25)26(20-8-9-20)19-6-4-3-5-7-19/h3-7,10-17,20,26H,8-9H2,1-2H3/t26-/m1/s1. The minimum Gasteiger partial charge on any atom is -0.345 e. The molecule has 6 rings (SSSR count). The molecule has 7 heteroatoms. The lowest BCUT2D eigenvalue weighted by Crippen LogP contribution is -2.21. The molecule has 1 fully saturated rings. The van der Waals surface area contributed by atoms with Crippen LogP contribution in [-0.2, 0) is 0 Å². The number of thiazole rings is 1. The molecular formula is C29H25ClN4OS. The van der Waals surface area contributed by atoms with Gasteiger partial charge >= 0.3 is 0 Å². The molecule has 0 radical (unpaired) electrons. The van der Waals surface area contributed by atoms with Crippen LogP contribution in [0.4, 0.5) is 0 Å². The fraction of sp³-hybridized carbons (Fsp3) is 0.207. The Morgan fingerprint density at radius 2 is 1.78 bits per heavy atom. The largest absolute Gasteiger partial charge is 0.345 e. The highest BCUT2D eigenvalue weighted by atomic mass is 35.5. The number of rotatable bonds is 6. The van der Waals surface area contributed by atoms with Gasteiger partial charge < -0.3 is 9.47 Å². The fourth-order valence-electron chi connectivity index (χ4n) is 4.75. The van der Waals surface area contributed by atoms with Crippen molar-refractivity contribution >= 4 is 39.9 Å². The summed E-state index contributed by atoms with van der Waals surface area (Å²) in [5.41, 5.74) is 5.64. The van der Waals surface area contributed by atoms with Gasteiger partial charge in [-0.2, -0.15) is 0 Å². The Morgan fingerprint density at radius 3 is 2.47 bits per heavy atom. The van der Waals surface area contributed by atoms with Crippen molar-refractivity contribution in [3.05, 3.63) is 94.3 Å². The molecule has 0 saturated heterocycles. The highest BCUT2D eigenvalue weighted by molar-refractivity contribution is 7.13. The van der Waals surface area contributed by atoms with Gasteiger partial charge in [0.1, 0.15) is 0 Å². The van der Waals surface area contributed by atoms with E-state index in [4.69, 9.17) is 21.6 Å². The molecule has 1 saturated carbocycles. The zero-order valence-electron chi connectivity index (χ0n) is 20.1. The zero-order valence-corrected chi connectivity index (χ0v) is 21.6. The van der Waals surface area contributed by atoms with Crippen molar-refractivity contribution in [1.29, 1.82) is 0 Å². The second kappa shape index (κ2) is 9.19. The summed E-state index contributed by atoms with van der Waals surface area (Å²) in [5.74, 6) is 1.35. The van der Waals surface area contributed by atoms with Crippen LogP contribution in [0.25, 0.3) is 33.1 Å². The third kappa shape index (κ3) is 4.21. The highest BCUT2D eigenvalue weighted by Crippen LogP contribution is 2.47. The topological polar surface area (TPSA) is 51.0 Å². The summed E-state index contributed by atoms with van der Waals surface area (Å²) < 4.78 is 2.34. The Kier molecular flexibility index (Phi) is 5.86. The van der Waals surface area contributed by atoms with Gasteiger partial charge in [-0.25, -0.2) is 9.97 Å². The summed E-state index contributed by atoms with van der Waals surface area (Å²) in [7, 11) is 3.53. The Bertz CT molecular complexity index is 1550. The SMILES string of the molecule is CN(C)C(=O)c1ccc2c(c1)nc(-c1nc(-c3ccc(Cl)cc3)cs1)n2[C@H](c1ccccc1)C1CC1. The van der Waals surface area contributed by atoms with Crippen LogP contribution in [0.2, 0.25) is 5.02 Å². The molecule has 0 spiro atoms. The quantitative estimate of drug-likeness (QED) is 0.242. The third-order valence-corrected chi connectivity index (χ3v) is 7.76. The molecule has 5 aromatic rings. The van der Waals surface area contributed by atoms with E-state index in [2.05, 4.69) is 40.3 Å². The van der Waals surface area contributed by atoms with E-state index >= 15 is 0 Å². The van der Waals surface area contributed by atoms with Crippen molar-refractivity contribution in [3.8, 4) is 22.1 Å². The van der Waals surface area contributed by atoms with Gasteiger partial charge in [-0.3, -0.25) is 4.79 Å². The molecule has 1 aliphatic carbocycles. The van der Waals surface area contributed by atoms with Gasteiger partial charge in [-0.1, -0.05) is 54.1 Å². The van der Waals surface area contributed by atoms with Gasteiger partial charge in [0.2, 0.25) is 0 Å². The molecule has 2 aromatic heterocycles. The summed E-state index contributed by atoms with van der Waals surface area (Å²) in [5, 5.41) is 3.63. The molecule has 1 atom stereocenters. The van der Waals surface area contributed by atoms with E-state index < -0.39 is 0 Å². The van der Waals surface area contributed by atoms with Crippen molar-refractivity contribution in [1.82, 2.24) is 19.4 Å². The molecule has 0 bridgehead atoms. The van der Waals surface area contributed by atoms with Gasteiger partial charge in [0.15, 0.2) is 10.8 Å². The van der Waals surface area contributed by atoms with E-state index in [0.717, 1.165) is 33.1 Å². The van der Waals surface area contributed by atoms with E-state index in [1.54, 1.807) is 30.3 Å². The number of carbonyl (C=O) groups is 1. The van der Waals surface area contributed by atoms with Gasteiger partial charge in [-0.15, -0.1) is 11.3 Å². The van der Waals surface area contributed by atoms with Crippen LogP contribution in [0.3, 0.4) is 0 Å². The third-order valence-electron chi connectivity index (χ3n) is 6.67. The van der Waals surface area contributed by atoms with E-state index in [1.165, 1.54) is 18.4 Å². The summed E-state index contributed by atoms with van der Waals surface area (Å²) in [6, 6.07) is 24.4. The molecule has 1 aliphatic rings. The lowest BCUT2D eigenvalue weighted by molar-refractivity contribution is 0.0827. The second-order valence-corrected chi connectivity index (χ2v) is 10.7. The minimum absolute atomic E-state index is 0.0333. The van der Waals surface area contributed by atoms with Crippen LogP contribution in [-0.4, -0.2) is 39.4 Å². The molecule has 36 heavy (non-hydrogen) atoms. The van der Waals surface area contributed by atoms with Crippen molar-refractivity contribution in [3.63, 3.8) is 0 Å². The number of aromatic nitrogens is 3. The summed E-state index contributed by atoms with van der Waals surface area (Å²) in [4.78, 5) is 24.3. The maximum atomic E-state index is 12.7. The van der Waals surface area contributed by atoms with Crippen molar-refractivity contribution in [2.24, 2.45) is 5.92 Å². The van der Waals surface area contributed by atoms with Crippen LogP contribution >= 0.6 is 22.9 Å². The number of hydrogen-bond acceptors (Lipinski definition) is 4. The van der Waals surface area contributed by atoms with Crippen molar-refractivity contribution < 1.29 is 4.79 Å². The summed E-state index contributed by atoms with van der Waals surface area (Å²) in [6.07, 6.45) is 2.37. The zero-order chi connectivity index (χ0) is 24.8. The molecule has 0 aliphatic heterocycles. The number of hydrogen-bond donors (Lipinski definition) is 0. The first-order chi connectivity index (χ1) is 17.5. The van der Waals surface area contributed by atoms with E-state index in [1.807, 2.05) is 42.5 Å². The maximum Gasteiger partial charge on any atom is 0.253 e. The van der Waals surface area contributed by atoms with Crippen molar-refractivity contribution in [2.45, 2.75) is 18.9 Å². The average molecular weight is 513 g/mol. The highest BCUT2D eigenvalue weighted by Gasteiger charge is 2.36. The number of carbonyl (C=O) groups excluding carboxylic acids is 1. The molecule has 5 nitrogen and oxygen atoms in total. The average Bonchev–Trinajstić information content (AvgIpc) is 3.48. The number of benzene rings is 3. The second-order valence-electron chi connectivity index (χ2n) is 9.45. The fourth-order valence-corrected chi connectivity index (χ4v) is 5.68. The van der Waals surface area contributed by atoms with Crippen LogP contribution in [0, 0.1) is 5.92 Å². The molecule has 1 amide bonds. The number of amides is 1. The predicted molar refractivity (Wildman–Crippen MR) is 147 cm³/mol. The first-order valence-electron chi connectivity index (χ1n) is 12.0. The Labute approximate surface area is 219 Å². The smallest absolute Gasteiger partial charge is 0.253 e. The van der Waals surface area contributed by atoms with Crippen LogP contribution in [0.1, 0.15) is 34.8 Å². The Morgan fingerprint density at radius 1 is 1.03 bits per heavy atom. The van der Waals surface area contributed by atoms with Crippen LogP contribution in [0.15, 0.2) is 78.2 Å². The minimum atomic E-state index is -0.0333. The van der Waals surface area contributed by atoms with Gasteiger partial charge in [0.25, 0.3) is 5.91 Å². The number of halogens is 1. The van der Waals surface area contributed by atoms with Gasteiger partial charge in [-0.05, 0) is 54.7 Å². The lowest BCUT2D eigenvalue weighted by Gasteiger charge is -2.22. The van der Waals surface area contributed by atoms with Crippen molar-refractivity contribution in [2.75, 3.05) is 14.1 Å². The first kappa shape index (κ1) is 23.0. The summed E-state index contributed by atoms with van der Waals surface area (Å²) in [6.45, 7) is 0. The number of nitrogens with zero attached hydrogens (tertiary/aromatic N) is 4. The molecule has 2 heterocycles. The lowest BCUT2D eigenvalue weighted by atomic mass is 10.0. The molecule has 180 valence electrons. The Hall–Kier alpha value is -3.48. The van der Waals surface area contributed by atoms with E-state index in [9.17, 15) is 4.79 Å². The van der Waals surface area contributed by atoms with E-state index in [-0.39, 0.29) is 11.9 Å². The molecular weight excluding hydrogens is 488 g/mol. The molecule has 3 aromatic carbocycles. The predicted octanol–water partition coefficient (Wildman–Crippen LogP) is 7.18. The maximum absolute atomic E-state index is 12.7. The van der Waals surface area contributed by atoms with Gasteiger partial charge in [0.05, 0.1) is 22.8 Å². The van der Waals surface area contributed by atoms with Gasteiger partial charge in [0, 0.05) is 35.6 Å². The van der Waals surface area contributed by atoms with E-state index in [0.29, 0.717) is 16.5 Å². The number of imidazole rings is 1.